The molecule has 0 radical (unpaired) electrons. The number of amides is 1. The molecule has 2 rings (SSSR count). The summed E-state index contributed by atoms with van der Waals surface area (Å²) in [5.74, 6) is -0.107. The fraction of sp³-hybridized carbons (Fsp3) is 0.133. The van der Waals surface area contributed by atoms with Gasteiger partial charge in [-0.15, -0.1) is 0 Å². The Balaban J connectivity index is 1.99. The molecule has 0 spiro atoms. The lowest BCUT2D eigenvalue weighted by Gasteiger charge is -2.09. The molecule has 1 N–H and O–H groups in total. The topological polar surface area (TPSA) is 72.5 Å². The van der Waals surface area contributed by atoms with Crippen molar-refractivity contribution in [3.63, 3.8) is 0 Å². The van der Waals surface area contributed by atoms with Crippen molar-refractivity contribution in [1.29, 1.82) is 0 Å². The largest absolute Gasteiger partial charge is 0.484 e. The van der Waals surface area contributed by atoms with Crippen molar-refractivity contribution in [1.82, 2.24) is 0 Å². The summed E-state index contributed by atoms with van der Waals surface area (Å²) in [7, 11) is -3.32. The average Bonchev–Trinajstić information content (AvgIpc) is 2.47. The van der Waals surface area contributed by atoms with Gasteiger partial charge in [0.1, 0.15) is 5.75 Å². The molecule has 0 atom stereocenters. The van der Waals surface area contributed by atoms with E-state index in [1.54, 1.807) is 30.3 Å². The zero-order chi connectivity index (χ0) is 17.0. The van der Waals surface area contributed by atoms with Crippen LogP contribution in [0.3, 0.4) is 0 Å². The predicted octanol–water partition coefficient (Wildman–Crippen LogP) is 3.52. The lowest BCUT2D eigenvalue weighted by atomic mass is 10.3. The number of carbonyl (C=O) groups excluding carboxylic acids is 1. The molecule has 0 aliphatic heterocycles. The first-order valence-electron chi connectivity index (χ1n) is 6.43. The Labute approximate surface area is 147 Å². The molecule has 2 aromatic rings. The third-order valence-corrected chi connectivity index (χ3v) is 4.73. The second-order valence-electron chi connectivity index (χ2n) is 4.71. The first-order chi connectivity index (χ1) is 10.8. The number of halogens is 2. The Morgan fingerprint density at radius 1 is 1.26 bits per heavy atom. The van der Waals surface area contributed by atoms with Crippen molar-refractivity contribution in [2.24, 2.45) is 0 Å². The van der Waals surface area contributed by atoms with Crippen LogP contribution in [-0.2, 0) is 14.6 Å². The van der Waals surface area contributed by atoms with Crippen LogP contribution in [0.2, 0.25) is 5.02 Å². The van der Waals surface area contributed by atoms with Crippen molar-refractivity contribution < 1.29 is 17.9 Å². The first-order valence-corrected chi connectivity index (χ1v) is 9.50. The van der Waals surface area contributed by atoms with Gasteiger partial charge in [0.25, 0.3) is 5.91 Å². The number of hydrogen-bond acceptors (Lipinski definition) is 4. The van der Waals surface area contributed by atoms with E-state index in [-0.39, 0.29) is 11.5 Å². The Hall–Kier alpha value is -1.57. The number of benzene rings is 2. The summed E-state index contributed by atoms with van der Waals surface area (Å²) in [6.45, 7) is -0.264. The molecule has 0 aliphatic carbocycles. The number of sulfone groups is 1. The maximum absolute atomic E-state index is 11.9. The van der Waals surface area contributed by atoms with Crippen molar-refractivity contribution in [2.75, 3.05) is 18.2 Å². The van der Waals surface area contributed by atoms with Crippen molar-refractivity contribution in [3.05, 3.63) is 52.0 Å². The van der Waals surface area contributed by atoms with Crippen molar-refractivity contribution >= 4 is 49.0 Å². The van der Waals surface area contributed by atoms with Crippen LogP contribution >= 0.6 is 27.5 Å². The van der Waals surface area contributed by atoms with E-state index in [9.17, 15) is 13.2 Å². The molecular weight excluding hydrogens is 406 g/mol. The first kappa shape index (κ1) is 17.8. The summed E-state index contributed by atoms with van der Waals surface area (Å²) >= 11 is 9.29. The van der Waals surface area contributed by atoms with Gasteiger partial charge < -0.3 is 10.1 Å². The number of rotatable bonds is 5. The number of anilines is 1. The molecule has 0 saturated heterocycles. The van der Waals surface area contributed by atoms with E-state index in [2.05, 4.69) is 21.2 Å². The summed E-state index contributed by atoms with van der Waals surface area (Å²) in [4.78, 5) is 12.0. The molecule has 1 amide bonds. The Bertz CT molecular complexity index is 839. The van der Waals surface area contributed by atoms with Gasteiger partial charge in [-0.25, -0.2) is 8.42 Å². The molecule has 122 valence electrons. The molecule has 0 bridgehead atoms. The van der Waals surface area contributed by atoms with Crippen molar-refractivity contribution in [3.8, 4) is 5.75 Å². The van der Waals surface area contributed by atoms with E-state index in [0.717, 1.165) is 10.7 Å². The lowest BCUT2D eigenvalue weighted by Crippen LogP contribution is -2.20. The SMILES string of the molecule is CS(=O)(=O)c1cccc(OCC(=O)Nc2ccc(Br)cc2Cl)c1. The lowest BCUT2D eigenvalue weighted by molar-refractivity contribution is -0.118. The molecular formula is C15H13BrClNO4S. The van der Waals surface area contributed by atoms with Gasteiger partial charge in [-0.3, -0.25) is 4.79 Å². The van der Waals surface area contributed by atoms with Gasteiger partial charge in [-0.2, -0.15) is 0 Å². The smallest absolute Gasteiger partial charge is 0.262 e. The normalized spacial score (nSPS) is 11.1. The highest BCUT2D eigenvalue weighted by Gasteiger charge is 2.10. The molecule has 8 heteroatoms. The number of carbonyl (C=O) groups is 1. The highest BCUT2D eigenvalue weighted by atomic mass is 79.9. The van der Waals surface area contributed by atoms with E-state index < -0.39 is 15.7 Å². The van der Waals surface area contributed by atoms with Crippen LogP contribution in [-0.4, -0.2) is 27.2 Å². The zero-order valence-electron chi connectivity index (χ0n) is 12.0. The third-order valence-electron chi connectivity index (χ3n) is 2.81. The van der Waals surface area contributed by atoms with E-state index in [4.69, 9.17) is 16.3 Å². The van der Waals surface area contributed by atoms with Gasteiger partial charge in [-0.05, 0) is 36.4 Å². The molecule has 23 heavy (non-hydrogen) atoms. The maximum Gasteiger partial charge on any atom is 0.262 e. The summed E-state index contributed by atoms with van der Waals surface area (Å²) < 4.78 is 29.1. The van der Waals surface area contributed by atoms with Crippen LogP contribution in [0.25, 0.3) is 0 Å². The summed E-state index contributed by atoms with van der Waals surface area (Å²) in [5, 5.41) is 3.01. The average molecular weight is 419 g/mol. The molecule has 5 nitrogen and oxygen atoms in total. The Kier molecular flexibility index (Phi) is 5.67. The molecule has 0 heterocycles. The van der Waals surface area contributed by atoms with Gasteiger partial charge in [0, 0.05) is 10.7 Å². The van der Waals surface area contributed by atoms with E-state index in [1.165, 1.54) is 12.1 Å². The monoisotopic (exact) mass is 417 g/mol. The minimum absolute atomic E-state index is 0.131. The van der Waals surface area contributed by atoms with Crippen LogP contribution in [0.1, 0.15) is 0 Å². The number of hydrogen-bond donors (Lipinski definition) is 1. The molecule has 0 unspecified atom stereocenters. The predicted molar refractivity (Wildman–Crippen MR) is 92.8 cm³/mol. The summed E-state index contributed by atoms with van der Waals surface area (Å²) in [5.41, 5.74) is 0.466. The van der Waals surface area contributed by atoms with E-state index >= 15 is 0 Å². The van der Waals surface area contributed by atoms with Crippen LogP contribution in [0.15, 0.2) is 51.8 Å². The van der Waals surface area contributed by atoms with Gasteiger partial charge in [-0.1, -0.05) is 33.6 Å². The molecule has 0 aromatic heterocycles. The third kappa shape index (κ3) is 5.23. The van der Waals surface area contributed by atoms with Crippen LogP contribution < -0.4 is 10.1 Å². The summed E-state index contributed by atoms with van der Waals surface area (Å²) in [6, 6.07) is 11.0. The molecule has 0 aliphatic rings. The summed E-state index contributed by atoms with van der Waals surface area (Å²) in [6.07, 6.45) is 1.11. The number of ether oxygens (including phenoxy) is 1. The second kappa shape index (κ2) is 7.33. The minimum atomic E-state index is -3.32. The fourth-order valence-corrected chi connectivity index (χ4v) is 3.10. The molecule has 0 saturated carbocycles. The van der Waals surface area contributed by atoms with E-state index in [1.807, 2.05) is 0 Å². The number of nitrogens with one attached hydrogen (secondary N) is 1. The fourth-order valence-electron chi connectivity index (χ4n) is 1.72. The Morgan fingerprint density at radius 2 is 2.00 bits per heavy atom. The van der Waals surface area contributed by atoms with Crippen LogP contribution in [0.5, 0.6) is 5.75 Å². The van der Waals surface area contributed by atoms with Crippen molar-refractivity contribution in [2.45, 2.75) is 4.90 Å². The van der Waals surface area contributed by atoms with Gasteiger partial charge >= 0.3 is 0 Å². The van der Waals surface area contributed by atoms with Crippen LogP contribution in [0.4, 0.5) is 5.69 Å². The van der Waals surface area contributed by atoms with Gasteiger partial charge in [0.15, 0.2) is 16.4 Å². The standard InChI is InChI=1S/C15H13BrClNO4S/c1-23(20,21)12-4-2-3-11(8-12)22-9-15(19)18-14-6-5-10(16)7-13(14)17/h2-8H,9H2,1H3,(H,18,19). The molecule has 0 fully saturated rings. The zero-order valence-corrected chi connectivity index (χ0v) is 15.2. The van der Waals surface area contributed by atoms with Crippen LogP contribution in [0, 0.1) is 0 Å². The minimum Gasteiger partial charge on any atom is -0.484 e. The quantitative estimate of drug-likeness (QED) is 0.806. The highest BCUT2D eigenvalue weighted by Crippen LogP contribution is 2.25. The second-order valence-corrected chi connectivity index (χ2v) is 8.05. The van der Waals surface area contributed by atoms with Gasteiger partial charge in [0.05, 0.1) is 15.6 Å². The highest BCUT2D eigenvalue weighted by molar-refractivity contribution is 9.10. The molecule has 2 aromatic carbocycles. The Morgan fingerprint density at radius 3 is 2.65 bits per heavy atom. The van der Waals surface area contributed by atoms with Gasteiger partial charge in [0.2, 0.25) is 0 Å². The van der Waals surface area contributed by atoms with E-state index in [0.29, 0.717) is 16.5 Å². The maximum atomic E-state index is 11.9.